The Labute approximate surface area is 207 Å². The van der Waals surface area contributed by atoms with Crippen LogP contribution in [0.15, 0.2) is 28.8 Å². The Morgan fingerprint density at radius 3 is 2.53 bits per heavy atom. The van der Waals surface area contributed by atoms with E-state index in [4.69, 9.17) is 22.5 Å². The quantitative estimate of drug-likeness (QED) is 0.460. The predicted octanol–water partition coefficient (Wildman–Crippen LogP) is 4.48. The summed E-state index contributed by atoms with van der Waals surface area (Å²) in [5.41, 5.74) is 2.46. The van der Waals surface area contributed by atoms with E-state index in [1.807, 2.05) is 32.9 Å². The molecule has 0 spiro atoms. The molecule has 8 heteroatoms. The van der Waals surface area contributed by atoms with Gasteiger partial charge >= 0.3 is 0 Å². The van der Waals surface area contributed by atoms with Gasteiger partial charge < -0.3 is 19.8 Å². The van der Waals surface area contributed by atoms with E-state index in [0.29, 0.717) is 42.6 Å². The Morgan fingerprint density at radius 1 is 1.38 bits per heavy atom. The lowest BCUT2D eigenvalue weighted by Crippen LogP contribution is -2.30. The molecular formula is C26H36ClN3O4. The number of halogens is 1. The van der Waals surface area contributed by atoms with Gasteiger partial charge in [0.1, 0.15) is 5.76 Å². The van der Waals surface area contributed by atoms with Crippen LogP contribution in [0.5, 0.6) is 0 Å². The molecule has 0 bridgehead atoms. The maximum absolute atomic E-state index is 11.9. The minimum Gasteiger partial charge on any atom is -0.391 e. The topological polar surface area (TPSA) is 95.7 Å². The van der Waals surface area contributed by atoms with Gasteiger partial charge in [-0.25, -0.2) is 0 Å². The van der Waals surface area contributed by atoms with E-state index in [-0.39, 0.29) is 24.5 Å². The number of nitrogens with one attached hydrogen (secondary N) is 1. The number of benzene rings is 1. The second kappa shape index (κ2) is 15.2. The summed E-state index contributed by atoms with van der Waals surface area (Å²) in [6.07, 6.45) is 7.64. The molecule has 2 atom stereocenters. The van der Waals surface area contributed by atoms with Gasteiger partial charge in [0, 0.05) is 29.7 Å². The van der Waals surface area contributed by atoms with Gasteiger partial charge in [0.15, 0.2) is 0 Å². The van der Waals surface area contributed by atoms with Crippen LogP contribution in [0, 0.1) is 12.3 Å². The van der Waals surface area contributed by atoms with Crippen LogP contribution in [0.25, 0.3) is 0 Å². The van der Waals surface area contributed by atoms with Crippen molar-refractivity contribution in [1.82, 2.24) is 15.4 Å². The number of rotatable bonds is 6. The van der Waals surface area contributed by atoms with Crippen molar-refractivity contribution in [3.8, 4) is 12.3 Å². The molecule has 1 aromatic carbocycles. The molecule has 1 fully saturated rings. The molecule has 1 saturated heterocycles. The Balaban J connectivity index is 0.000000310. The summed E-state index contributed by atoms with van der Waals surface area (Å²) in [6.45, 7) is 11.2. The van der Waals surface area contributed by atoms with Crippen molar-refractivity contribution >= 4 is 23.9 Å². The summed E-state index contributed by atoms with van der Waals surface area (Å²) in [4.78, 5) is 23.8. The van der Waals surface area contributed by atoms with Crippen LogP contribution in [-0.4, -0.2) is 46.7 Å². The van der Waals surface area contributed by atoms with Gasteiger partial charge in [0.05, 0.1) is 24.3 Å². The number of aromatic nitrogens is 1. The number of likely N-dealkylation sites (tertiary alicyclic amines) is 1. The van der Waals surface area contributed by atoms with Gasteiger partial charge in [-0.05, 0) is 37.0 Å². The smallest absolute Gasteiger partial charge is 0.230 e. The number of terminal acetylenes is 1. The van der Waals surface area contributed by atoms with Gasteiger partial charge in [0.2, 0.25) is 12.3 Å². The third-order valence-corrected chi connectivity index (χ3v) is 5.29. The third-order valence-electron chi connectivity index (χ3n) is 4.96. The highest BCUT2D eigenvalue weighted by atomic mass is 35.5. The number of hydrogen-bond acceptors (Lipinski definition) is 5. The normalized spacial score (nSPS) is 15.4. The van der Waals surface area contributed by atoms with Crippen LogP contribution in [0.2, 0.25) is 5.02 Å². The molecule has 7 nitrogen and oxygen atoms in total. The minimum absolute atomic E-state index is 0.00648. The molecule has 2 N–H and O–H groups in total. The standard InChI is InChI=1S/C12H18N2O3.C11H10ClNO.C3H8/c1-8(2)11-5-10(17-13-11)6-12(16)14-4-3-9(15)7-14;1-3-9-4-5-10(11(12)6-9)8(2)13-7-14;1-3-2/h5,8-9,15H,3-4,6-7H2,1-2H3;1,4-8H,2H3,(H,13,14);3H2,1-2H3. The monoisotopic (exact) mass is 489 g/mol. The van der Waals surface area contributed by atoms with E-state index in [2.05, 4.69) is 30.2 Å². The maximum atomic E-state index is 11.9. The fraction of sp³-hybridized carbons (Fsp3) is 0.500. The first-order chi connectivity index (χ1) is 16.2. The molecular weight excluding hydrogens is 454 g/mol. The van der Waals surface area contributed by atoms with Crippen LogP contribution in [0.4, 0.5) is 0 Å². The molecule has 0 aliphatic carbocycles. The molecule has 1 aliphatic heterocycles. The molecule has 2 amide bonds. The van der Waals surface area contributed by atoms with Crippen LogP contribution < -0.4 is 5.32 Å². The number of amides is 2. The van der Waals surface area contributed by atoms with Crippen molar-refractivity contribution in [3.05, 3.63) is 51.9 Å². The third kappa shape index (κ3) is 9.58. The molecule has 2 unspecified atom stereocenters. The SMILES string of the molecule is C#Cc1ccc(C(C)NC=O)c(Cl)c1.CC(C)c1cc(CC(=O)N2CCC(O)C2)on1.CCC. The first-order valence-corrected chi connectivity index (χ1v) is 11.9. The van der Waals surface area contributed by atoms with Crippen molar-refractivity contribution in [3.63, 3.8) is 0 Å². The maximum Gasteiger partial charge on any atom is 0.230 e. The van der Waals surface area contributed by atoms with Gasteiger partial charge in [-0.2, -0.15) is 0 Å². The molecule has 3 rings (SSSR count). The van der Waals surface area contributed by atoms with E-state index in [1.54, 1.807) is 17.0 Å². The van der Waals surface area contributed by atoms with Gasteiger partial charge in [-0.15, -0.1) is 6.42 Å². The van der Waals surface area contributed by atoms with Crippen molar-refractivity contribution < 1.29 is 19.2 Å². The van der Waals surface area contributed by atoms with Crippen LogP contribution in [0.1, 0.15) is 82.0 Å². The summed E-state index contributed by atoms with van der Waals surface area (Å²) in [6, 6.07) is 7.05. The molecule has 2 heterocycles. The number of aliphatic hydroxyl groups is 1. The molecule has 34 heavy (non-hydrogen) atoms. The van der Waals surface area contributed by atoms with Crippen LogP contribution in [-0.2, 0) is 16.0 Å². The number of nitrogens with zero attached hydrogens (tertiary/aromatic N) is 2. The summed E-state index contributed by atoms with van der Waals surface area (Å²) >= 11 is 5.99. The largest absolute Gasteiger partial charge is 0.391 e. The Kier molecular flexibility index (Phi) is 13.0. The highest BCUT2D eigenvalue weighted by Gasteiger charge is 2.25. The number of β-amino-alcohol motifs (C(OH)–C–C–N with tert-alkyl or cyclic N) is 1. The van der Waals surface area contributed by atoms with E-state index in [0.717, 1.165) is 16.8 Å². The summed E-state index contributed by atoms with van der Waals surface area (Å²) in [5.74, 6) is 3.38. The molecule has 1 aliphatic rings. The lowest BCUT2D eigenvalue weighted by Gasteiger charge is -2.13. The summed E-state index contributed by atoms with van der Waals surface area (Å²) in [7, 11) is 0. The molecule has 1 aromatic heterocycles. The van der Waals surface area contributed by atoms with Crippen molar-refractivity contribution in [1.29, 1.82) is 0 Å². The van der Waals surface area contributed by atoms with Gasteiger partial charge in [-0.3, -0.25) is 9.59 Å². The minimum atomic E-state index is -0.375. The first-order valence-electron chi connectivity index (χ1n) is 11.5. The van der Waals surface area contributed by atoms with E-state index < -0.39 is 0 Å². The lowest BCUT2D eigenvalue weighted by atomic mass is 10.1. The fourth-order valence-corrected chi connectivity index (χ4v) is 3.42. The van der Waals surface area contributed by atoms with Crippen molar-refractivity contribution in [2.75, 3.05) is 13.1 Å². The predicted molar refractivity (Wildman–Crippen MR) is 134 cm³/mol. The summed E-state index contributed by atoms with van der Waals surface area (Å²) in [5, 5.41) is 16.5. The Morgan fingerprint density at radius 2 is 2.06 bits per heavy atom. The van der Waals surface area contributed by atoms with Gasteiger partial charge in [0.25, 0.3) is 0 Å². The average molecular weight is 490 g/mol. The van der Waals surface area contributed by atoms with E-state index in [1.165, 1.54) is 6.42 Å². The van der Waals surface area contributed by atoms with E-state index in [9.17, 15) is 14.7 Å². The zero-order valence-electron chi connectivity index (χ0n) is 20.7. The highest BCUT2D eigenvalue weighted by molar-refractivity contribution is 6.31. The number of carbonyl (C=O) groups is 2. The average Bonchev–Trinajstić information content (AvgIpc) is 3.44. The zero-order chi connectivity index (χ0) is 25.7. The van der Waals surface area contributed by atoms with E-state index >= 15 is 0 Å². The van der Waals surface area contributed by atoms with Gasteiger partial charge in [-0.1, -0.05) is 62.9 Å². The number of hydrogen-bond donors (Lipinski definition) is 2. The van der Waals surface area contributed by atoms with Crippen LogP contribution in [0.3, 0.4) is 0 Å². The number of carbonyl (C=O) groups excluding carboxylic acids is 2. The first kappa shape index (κ1) is 29.2. The van der Waals surface area contributed by atoms with Crippen molar-refractivity contribution in [2.24, 2.45) is 0 Å². The second-order valence-corrected chi connectivity index (χ2v) is 8.83. The Bertz CT molecular complexity index is 952. The molecule has 186 valence electrons. The van der Waals surface area contributed by atoms with Crippen LogP contribution >= 0.6 is 11.6 Å². The second-order valence-electron chi connectivity index (χ2n) is 8.43. The Hall–Kier alpha value is -2.82. The summed E-state index contributed by atoms with van der Waals surface area (Å²) < 4.78 is 5.12. The molecule has 0 radical (unpaired) electrons. The number of aliphatic hydroxyl groups excluding tert-OH is 1. The van der Waals surface area contributed by atoms with Crippen molar-refractivity contribution in [2.45, 2.75) is 71.9 Å². The zero-order valence-corrected chi connectivity index (χ0v) is 21.4. The molecule has 0 saturated carbocycles. The lowest BCUT2D eigenvalue weighted by molar-refractivity contribution is -0.130. The fourth-order valence-electron chi connectivity index (χ4n) is 3.07. The molecule has 2 aromatic rings. The highest BCUT2D eigenvalue weighted by Crippen LogP contribution is 2.23.